The molecule has 120 valence electrons. The van der Waals surface area contributed by atoms with Crippen LogP contribution in [0.5, 0.6) is 5.75 Å². The van der Waals surface area contributed by atoms with Gasteiger partial charge in [-0.25, -0.2) is 0 Å². The SMILES string of the molecule is O=C(c1cncc(OS(=O)(=O)F)c1)N1C2CCCC1COC2. The van der Waals surface area contributed by atoms with Crippen molar-refractivity contribution >= 4 is 16.4 Å². The van der Waals surface area contributed by atoms with E-state index in [1.54, 1.807) is 4.90 Å². The maximum Gasteiger partial charge on any atom is 0.488 e. The number of amides is 1. The molecule has 2 unspecified atom stereocenters. The summed E-state index contributed by atoms with van der Waals surface area (Å²) < 4.78 is 43.2. The molecular weight excluding hydrogens is 315 g/mol. The van der Waals surface area contributed by atoms with Gasteiger partial charge in [-0.3, -0.25) is 9.78 Å². The van der Waals surface area contributed by atoms with Gasteiger partial charge in [-0.15, -0.1) is 0 Å². The summed E-state index contributed by atoms with van der Waals surface area (Å²) in [6, 6.07) is 1.20. The Morgan fingerprint density at radius 2 is 2.00 bits per heavy atom. The molecule has 2 atom stereocenters. The Bertz CT molecular complexity index is 659. The van der Waals surface area contributed by atoms with E-state index in [9.17, 15) is 17.1 Å². The molecule has 0 aliphatic carbocycles. The van der Waals surface area contributed by atoms with Crippen molar-refractivity contribution in [2.24, 2.45) is 0 Å². The molecule has 1 aromatic heterocycles. The molecule has 2 aliphatic heterocycles. The lowest BCUT2D eigenvalue weighted by Gasteiger charge is -2.45. The molecule has 3 heterocycles. The topological polar surface area (TPSA) is 85.8 Å². The largest absolute Gasteiger partial charge is 0.488 e. The number of hydrogen-bond donors (Lipinski definition) is 0. The normalized spacial score (nSPS) is 24.9. The van der Waals surface area contributed by atoms with E-state index in [0.29, 0.717) is 13.2 Å². The van der Waals surface area contributed by atoms with E-state index in [2.05, 4.69) is 9.17 Å². The molecule has 9 heteroatoms. The molecule has 2 fully saturated rings. The molecule has 0 aromatic carbocycles. The highest BCUT2D eigenvalue weighted by Gasteiger charge is 2.38. The number of morpholine rings is 1. The van der Waals surface area contributed by atoms with E-state index in [1.165, 1.54) is 12.3 Å². The van der Waals surface area contributed by atoms with E-state index < -0.39 is 10.5 Å². The lowest BCUT2D eigenvalue weighted by molar-refractivity contribution is -0.0566. The monoisotopic (exact) mass is 330 g/mol. The zero-order chi connectivity index (χ0) is 15.7. The molecule has 2 bridgehead atoms. The Kier molecular flexibility index (Phi) is 4.00. The average Bonchev–Trinajstić information content (AvgIpc) is 2.44. The lowest BCUT2D eigenvalue weighted by atomic mass is 9.93. The maximum absolute atomic E-state index is 12.7. The maximum atomic E-state index is 12.7. The second-order valence-electron chi connectivity index (χ2n) is 5.37. The first-order chi connectivity index (χ1) is 10.4. The van der Waals surface area contributed by atoms with Crippen LogP contribution in [0.15, 0.2) is 18.5 Å². The van der Waals surface area contributed by atoms with Crippen molar-refractivity contribution in [2.45, 2.75) is 31.3 Å². The molecule has 7 nitrogen and oxygen atoms in total. The molecule has 2 saturated heterocycles. The summed E-state index contributed by atoms with van der Waals surface area (Å²) in [5.41, 5.74) is 0.167. The van der Waals surface area contributed by atoms with Gasteiger partial charge in [-0.1, -0.05) is 3.89 Å². The Hall–Kier alpha value is -1.74. The highest BCUT2D eigenvalue weighted by molar-refractivity contribution is 7.81. The predicted octanol–water partition coefficient (Wildman–Crippen LogP) is 1.07. The zero-order valence-corrected chi connectivity index (χ0v) is 12.5. The molecule has 1 aromatic rings. The third-order valence-electron chi connectivity index (χ3n) is 3.87. The Balaban J connectivity index is 1.84. The van der Waals surface area contributed by atoms with E-state index in [-0.39, 0.29) is 29.3 Å². The second-order valence-corrected chi connectivity index (χ2v) is 6.33. The molecular formula is C13H15FN2O5S. The van der Waals surface area contributed by atoms with Crippen LogP contribution in [0, 0.1) is 0 Å². The number of fused-ring (bicyclic) bond motifs is 2. The van der Waals surface area contributed by atoms with Crippen LogP contribution in [-0.4, -0.2) is 49.5 Å². The number of ether oxygens (including phenoxy) is 1. The molecule has 2 aliphatic rings. The standard InChI is InChI=1S/C13H15FN2O5S/c14-22(18,19)21-12-4-9(5-15-6-12)13(17)16-10-2-1-3-11(16)8-20-7-10/h4-6,10-11H,1-3,7-8H2. The van der Waals surface area contributed by atoms with Gasteiger partial charge in [-0.05, 0) is 25.3 Å². The van der Waals surface area contributed by atoms with Crippen LogP contribution in [0.4, 0.5) is 3.89 Å². The third-order valence-corrected chi connectivity index (χ3v) is 4.26. The van der Waals surface area contributed by atoms with Gasteiger partial charge in [-0.2, -0.15) is 8.42 Å². The molecule has 0 radical (unpaired) electrons. The third kappa shape index (κ3) is 3.20. The fourth-order valence-electron chi connectivity index (χ4n) is 3.01. The van der Waals surface area contributed by atoms with Gasteiger partial charge in [0.1, 0.15) is 0 Å². The molecule has 22 heavy (non-hydrogen) atoms. The summed E-state index contributed by atoms with van der Waals surface area (Å²) in [6.07, 6.45) is 5.12. The molecule has 0 N–H and O–H groups in total. The minimum absolute atomic E-state index is 0.00878. The molecule has 1 amide bonds. The van der Waals surface area contributed by atoms with Gasteiger partial charge in [0, 0.05) is 6.20 Å². The number of rotatable bonds is 3. The Morgan fingerprint density at radius 1 is 1.32 bits per heavy atom. The van der Waals surface area contributed by atoms with Crippen molar-refractivity contribution < 1.29 is 26.0 Å². The summed E-state index contributed by atoms with van der Waals surface area (Å²) in [4.78, 5) is 18.2. The zero-order valence-electron chi connectivity index (χ0n) is 11.6. The number of pyridine rings is 1. The Morgan fingerprint density at radius 3 is 2.64 bits per heavy atom. The van der Waals surface area contributed by atoms with E-state index in [0.717, 1.165) is 25.5 Å². The molecule has 0 saturated carbocycles. The van der Waals surface area contributed by atoms with Gasteiger partial charge in [0.2, 0.25) is 0 Å². The highest BCUT2D eigenvalue weighted by Crippen LogP contribution is 2.29. The van der Waals surface area contributed by atoms with E-state index in [4.69, 9.17) is 4.74 Å². The second kappa shape index (κ2) is 5.81. The van der Waals surface area contributed by atoms with Crippen LogP contribution < -0.4 is 4.18 Å². The Labute approximate surface area is 127 Å². The first-order valence-electron chi connectivity index (χ1n) is 6.93. The number of aromatic nitrogens is 1. The van der Waals surface area contributed by atoms with Crippen molar-refractivity contribution in [2.75, 3.05) is 13.2 Å². The minimum atomic E-state index is -5.14. The number of halogens is 1. The molecule has 0 spiro atoms. The smallest absolute Gasteiger partial charge is 0.377 e. The first-order valence-corrected chi connectivity index (χ1v) is 8.24. The van der Waals surface area contributed by atoms with Gasteiger partial charge in [0.05, 0.1) is 37.1 Å². The summed E-state index contributed by atoms with van der Waals surface area (Å²) >= 11 is 0. The highest BCUT2D eigenvalue weighted by atomic mass is 32.3. The average molecular weight is 330 g/mol. The first kappa shape index (κ1) is 15.2. The van der Waals surface area contributed by atoms with E-state index >= 15 is 0 Å². The molecule has 3 rings (SSSR count). The van der Waals surface area contributed by atoms with Crippen LogP contribution in [0.25, 0.3) is 0 Å². The summed E-state index contributed by atoms with van der Waals surface area (Å²) in [5, 5.41) is 0. The van der Waals surface area contributed by atoms with Gasteiger partial charge < -0.3 is 13.8 Å². The lowest BCUT2D eigenvalue weighted by Crippen LogP contribution is -2.57. The van der Waals surface area contributed by atoms with Crippen molar-refractivity contribution in [3.05, 3.63) is 24.0 Å². The number of nitrogens with zero attached hydrogens (tertiary/aromatic N) is 2. The van der Waals surface area contributed by atoms with Crippen molar-refractivity contribution in [3.63, 3.8) is 0 Å². The van der Waals surface area contributed by atoms with Crippen LogP contribution in [-0.2, 0) is 15.2 Å². The fraction of sp³-hybridized carbons (Fsp3) is 0.538. The minimum Gasteiger partial charge on any atom is -0.377 e. The number of carbonyl (C=O) groups excluding carboxylic acids is 1. The van der Waals surface area contributed by atoms with Crippen molar-refractivity contribution in [1.29, 1.82) is 0 Å². The quantitative estimate of drug-likeness (QED) is 0.771. The number of carbonyl (C=O) groups is 1. The fourth-order valence-corrected chi connectivity index (χ4v) is 3.33. The number of hydrogen-bond acceptors (Lipinski definition) is 6. The van der Waals surface area contributed by atoms with Gasteiger partial charge in [0.15, 0.2) is 5.75 Å². The van der Waals surface area contributed by atoms with Crippen LogP contribution in [0.2, 0.25) is 0 Å². The van der Waals surface area contributed by atoms with E-state index in [1.807, 2.05) is 0 Å². The van der Waals surface area contributed by atoms with Gasteiger partial charge >= 0.3 is 10.5 Å². The van der Waals surface area contributed by atoms with Gasteiger partial charge in [0.25, 0.3) is 5.91 Å². The summed E-state index contributed by atoms with van der Waals surface area (Å²) in [7, 11) is -5.14. The van der Waals surface area contributed by atoms with Crippen LogP contribution in [0.3, 0.4) is 0 Å². The van der Waals surface area contributed by atoms with Crippen LogP contribution in [0.1, 0.15) is 29.6 Å². The van der Waals surface area contributed by atoms with Crippen molar-refractivity contribution in [3.8, 4) is 5.75 Å². The summed E-state index contributed by atoms with van der Waals surface area (Å²) in [6.45, 7) is 0.982. The summed E-state index contributed by atoms with van der Waals surface area (Å²) in [5.74, 6) is -0.598. The van der Waals surface area contributed by atoms with Crippen LogP contribution >= 0.6 is 0 Å². The predicted molar refractivity (Wildman–Crippen MR) is 73.3 cm³/mol. The van der Waals surface area contributed by atoms with Crippen molar-refractivity contribution in [1.82, 2.24) is 9.88 Å². The number of piperidine rings is 1.